The number of amides is 1. The van der Waals surface area contributed by atoms with Crippen molar-refractivity contribution in [2.24, 2.45) is 0 Å². The number of thiophene rings is 1. The molecule has 33 heavy (non-hydrogen) atoms. The van der Waals surface area contributed by atoms with Gasteiger partial charge in [-0.05, 0) is 29.1 Å². The lowest BCUT2D eigenvalue weighted by atomic mass is 9.94. The van der Waals surface area contributed by atoms with Gasteiger partial charge in [-0.3, -0.25) is 14.5 Å². The van der Waals surface area contributed by atoms with Crippen molar-refractivity contribution in [3.8, 4) is 17.2 Å². The lowest BCUT2D eigenvalue weighted by Crippen LogP contribution is -2.43. The molecule has 1 saturated heterocycles. The molecule has 1 aromatic carbocycles. The Balaban J connectivity index is 1.54. The van der Waals surface area contributed by atoms with E-state index < -0.39 is 17.7 Å². The third-order valence-electron chi connectivity index (χ3n) is 6.05. The third-order valence-corrected chi connectivity index (χ3v) is 6.92. The van der Waals surface area contributed by atoms with Crippen LogP contribution in [-0.4, -0.2) is 79.9 Å². The van der Waals surface area contributed by atoms with E-state index in [2.05, 4.69) is 4.90 Å². The number of aliphatic hydroxyl groups excluding tert-OH is 1. The SMILES string of the molecule is COc1cc([C@H]2C(C(=O)c3cccs3)=C(O)C(=O)N2CCN2CCOCC2)cc2c1OCO2. The summed E-state index contributed by atoms with van der Waals surface area (Å²) in [5, 5.41) is 12.6. The van der Waals surface area contributed by atoms with Crippen LogP contribution in [0.1, 0.15) is 21.3 Å². The van der Waals surface area contributed by atoms with Crippen LogP contribution in [0.2, 0.25) is 0 Å². The summed E-state index contributed by atoms with van der Waals surface area (Å²) in [6.07, 6.45) is 0. The Morgan fingerprint density at radius 2 is 2.06 bits per heavy atom. The molecule has 10 heteroatoms. The number of methoxy groups -OCH3 is 1. The van der Waals surface area contributed by atoms with Crippen molar-refractivity contribution in [1.82, 2.24) is 9.80 Å². The minimum Gasteiger partial charge on any atom is -0.503 e. The highest BCUT2D eigenvalue weighted by molar-refractivity contribution is 7.12. The molecule has 1 aromatic heterocycles. The van der Waals surface area contributed by atoms with Gasteiger partial charge in [0.2, 0.25) is 18.3 Å². The summed E-state index contributed by atoms with van der Waals surface area (Å²) >= 11 is 1.27. The molecule has 0 bridgehead atoms. The van der Waals surface area contributed by atoms with Crippen molar-refractivity contribution in [1.29, 1.82) is 0 Å². The summed E-state index contributed by atoms with van der Waals surface area (Å²) in [4.78, 5) is 30.8. The smallest absolute Gasteiger partial charge is 0.290 e. The van der Waals surface area contributed by atoms with Gasteiger partial charge >= 0.3 is 0 Å². The molecule has 0 radical (unpaired) electrons. The lowest BCUT2D eigenvalue weighted by Gasteiger charge is -2.31. The summed E-state index contributed by atoms with van der Waals surface area (Å²) in [5.41, 5.74) is 0.667. The Morgan fingerprint density at radius 1 is 1.24 bits per heavy atom. The fraction of sp³-hybridized carbons (Fsp3) is 0.391. The number of carbonyl (C=O) groups is 2. The van der Waals surface area contributed by atoms with E-state index in [-0.39, 0.29) is 18.1 Å². The van der Waals surface area contributed by atoms with E-state index in [9.17, 15) is 14.7 Å². The van der Waals surface area contributed by atoms with E-state index in [0.717, 1.165) is 13.1 Å². The van der Waals surface area contributed by atoms with E-state index in [4.69, 9.17) is 18.9 Å². The first kappa shape index (κ1) is 21.7. The van der Waals surface area contributed by atoms with E-state index in [0.29, 0.717) is 54.0 Å². The summed E-state index contributed by atoms with van der Waals surface area (Å²) in [7, 11) is 1.52. The number of ether oxygens (including phenoxy) is 4. The number of hydrogen-bond acceptors (Lipinski definition) is 9. The van der Waals surface area contributed by atoms with Crippen LogP contribution >= 0.6 is 11.3 Å². The highest BCUT2D eigenvalue weighted by atomic mass is 32.1. The van der Waals surface area contributed by atoms with Crippen LogP contribution in [0.25, 0.3) is 0 Å². The topological polar surface area (TPSA) is 97.8 Å². The third kappa shape index (κ3) is 3.94. The van der Waals surface area contributed by atoms with Crippen molar-refractivity contribution in [2.45, 2.75) is 6.04 Å². The molecule has 9 nitrogen and oxygen atoms in total. The predicted molar refractivity (Wildman–Crippen MR) is 119 cm³/mol. The fourth-order valence-electron chi connectivity index (χ4n) is 4.38. The molecule has 3 aliphatic heterocycles. The van der Waals surface area contributed by atoms with Crippen molar-refractivity contribution in [3.05, 3.63) is 51.4 Å². The predicted octanol–water partition coefficient (Wildman–Crippen LogP) is 2.40. The van der Waals surface area contributed by atoms with Gasteiger partial charge in [0.1, 0.15) is 0 Å². The maximum Gasteiger partial charge on any atom is 0.290 e. The van der Waals surface area contributed by atoms with Gasteiger partial charge in [-0.1, -0.05) is 6.07 Å². The number of carbonyl (C=O) groups excluding carboxylic acids is 2. The van der Waals surface area contributed by atoms with Gasteiger partial charge in [-0.15, -0.1) is 11.3 Å². The lowest BCUT2D eigenvalue weighted by molar-refractivity contribution is -0.129. The second kappa shape index (κ2) is 9.05. The van der Waals surface area contributed by atoms with Crippen LogP contribution in [-0.2, 0) is 9.53 Å². The van der Waals surface area contributed by atoms with E-state index in [1.807, 2.05) is 0 Å². The van der Waals surface area contributed by atoms with E-state index in [1.54, 1.807) is 34.5 Å². The molecule has 5 rings (SSSR count). The Bertz CT molecular complexity index is 1090. The number of aliphatic hydroxyl groups is 1. The fourth-order valence-corrected chi connectivity index (χ4v) is 5.06. The number of Topliss-reactive ketones (excluding diaryl/α,β-unsaturated/α-hetero) is 1. The normalized spacial score (nSPS) is 20.6. The number of nitrogens with zero attached hydrogens (tertiary/aromatic N) is 2. The van der Waals surface area contributed by atoms with Crippen LogP contribution in [0.5, 0.6) is 17.2 Å². The van der Waals surface area contributed by atoms with Crippen molar-refractivity contribution >= 4 is 23.0 Å². The Morgan fingerprint density at radius 3 is 2.79 bits per heavy atom. The first-order valence-electron chi connectivity index (χ1n) is 10.7. The van der Waals surface area contributed by atoms with Crippen LogP contribution in [0.15, 0.2) is 41.0 Å². The van der Waals surface area contributed by atoms with Crippen LogP contribution in [0, 0.1) is 0 Å². The molecule has 0 saturated carbocycles. The second-order valence-electron chi connectivity index (χ2n) is 7.88. The monoisotopic (exact) mass is 472 g/mol. The average Bonchev–Trinajstić information content (AvgIpc) is 3.58. The van der Waals surface area contributed by atoms with Crippen molar-refractivity contribution in [3.63, 3.8) is 0 Å². The summed E-state index contributed by atoms with van der Waals surface area (Å²) in [6, 6.07) is 6.14. The average molecular weight is 473 g/mol. The molecule has 1 amide bonds. The summed E-state index contributed by atoms with van der Waals surface area (Å²) in [5.74, 6) is -0.0629. The Labute approximate surface area is 194 Å². The zero-order valence-electron chi connectivity index (χ0n) is 18.1. The molecule has 4 heterocycles. The maximum atomic E-state index is 13.4. The van der Waals surface area contributed by atoms with Gasteiger partial charge in [0.05, 0.1) is 36.8 Å². The van der Waals surface area contributed by atoms with Crippen LogP contribution in [0.3, 0.4) is 0 Å². The molecule has 2 aromatic rings. The summed E-state index contributed by atoms with van der Waals surface area (Å²) < 4.78 is 21.9. The van der Waals surface area contributed by atoms with Crippen LogP contribution in [0.4, 0.5) is 0 Å². The molecule has 1 fully saturated rings. The number of hydrogen-bond donors (Lipinski definition) is 1. The number of morpholine rings is 1. The molecule has 3 aliphatic rings. The van der Waals surface area contributed by atoms with Gasteiger partial charge in [0, 0.05) is 26.2 Å². The maximum absolute atomic E-state index is 13.4. The van der Waals surface area contributed by atoms with Gasteiger partial charge in [0.25, 0.3) is 5.91 Å². The number of benzene rings is 1. The zero-order valence-corrected chi connectivity index (χ0v) is 18.9. The van der Waals surface area contributed by atoms with Gasteiger partial charge in [-0.2, -0.15) is 0 Å². The molecule has 0 unspecified atom stereocenters. The van der Waals surface area contributed by atoms with Gasteiger partial charge < -0.3 is 29.0 Å². The molecular formula is C23H24N2O7S. The molecular weight excluding hydrogens is 448 g/mol. The first-order chi connectivity index (χ1) is 16.1. The molecule has 0 aliphatic carbocycles. The Hall–Kier alpha value is -3.08. The molecule has 174 valence electrons. The standard InChI is InChI=1S/C23H24N2O7S/c1-29-15-11-14(12-16-22(15)32-13-31-16)19-18(20(26)17-3-2-10-33-17)21(27)23(28)25(19)5-4-24-6-8-30-9-7-24/h2-3,10-12,19,27H,4-9,13H2,1H3/t19-/m0/s1. The van der Waals surface area contributed by atoms with Gasteiger partial charge in [-0.25, -0.2) is 0 Å². The van der Waals surface area contributed by atoms with Crippen molar-refractivity contribution < 1.29 is 33.6 Å². The highest BCUT2D eigenvalue weighted by Gasteiger charge is 2.44. The number of ketones is 1. The zero-order chi connectivity index (χ0) is 22.9. The van der Waals surface area contributed by atoms with Gasteiger partial charge in [0.15, 0.2) is 17.3 Å². The van der Waals surface area contributed by atoms with Crippen molar-refractivity contribution in [2.75, 3.05) is 53.3 Å². The largest absolute Gasteiger partial charge is 0.503 e. The van der Waals surface area contributed by atoms with E-state index in [1.165, 1.54) is 18.4 Å². The minimum atomic E-state index is -0.781. The molecule has 1 atom stereocenters. The summed E-state index contributed by atoms with van der Waals surface area (Å²) in [6.45, 7) is 3.81. The molecule has 0 spiro atoms. The number of rotatable bonds is 7. The Kier molecular flexibility index (Phi) is 5.96. The quantitative estimate of drug-likeness (QED) is 0.614. The van der Waals surface area contributed by atoms with Crippen LogP contribution < -0.4 is 14.2 Å². The minimum absolute atomic E-state index is 0.0571. The molecule has 1 N–H and O–H groups in total. The highest BCUT2D eigenvalue weighted by Crippen LogP contribution is 2.47. The number of fused-ring (bicyclic) bond motifs is 1. The first-order valence-corrected chi connectivity index (χ1v) is 11.6. The van der Waals surface area contributed by atoms with E-state index >= 15 is 0 Å². The second-order valence-corrected chi connectivity index (χ2v) is 8.83.